The fourth-order valence-electron chi connectivity index (χ4n) is 1.14. The molecule has 14 heavy (non-hydrogen) atoms. The van der Waals surface area contributed by atoms with Gasteiger partial charge in [-0.3, -0.25) is 9.59 Å². The summed E-state index contributed by atoms with van der Waals surface area (Å²) in [5.41, 5.74) is 0. The van der Waals surface area contributed by atoms with E-state index in [1.54, 1.807) is 6.08 Å². The van der Waals surface area contributed by atoms with E-state index >= 15 is 0 Å². The van der Waals surface area contributed by atoms with E-state index in [1.165, 1.54) is 13.8 Å². The van der Waals surface area contributed by atoms with E-state index in [9.17, 15) is 9.59 Å². The van der Waals surface area contributed by atoms with Crippen LogP contribution >= 0.6 is 0 Å². The van der Waals surface area contributed by atoms with Gasteiger partial charge in [-0.2, -0.15) is 0 Å². The van der Waals surface area contributed by atoms with Gasteiger partial charge in [0.05, 0.1) is 0 Å². The summed E-state index contributed by atoms with van der Waals surface area (Å²) in [5.74, 6) is -0.830. The van der Waals surface area contributed by atoms with Gasteiger partial charge in [0, 0.05) is 25.9 Å². The van der Waals surface area contributed by atoms with Crippen molar-refractivity contribution >= 4 is 20.5 Å². The van der Waals surface area contributed by atoms with Crippen molar-refractivity contribution in [2.24, 2.45) is 0 Å². The van der Waals surface area contributed by atoms with Gasteiger partial charge < -0.3 is 8.85 Å². The third kappa shape index (κ3) is 4.22. The van der Waals surface area contributed by atoms with Gasteiger partial charge in [-0.05, 0) is 0 Å². The number of rotatable bonds is 5. The van der Waals surface area contributed by atoms with Gasteiger partial charge in [0.2, 0.25) is 0 Å². The summed E-state index contributed by atoms with van der Waals surface area (Å²) in [6.07, 6.45) is 1.61. The van der Waals surface area contributed by atoms with Gasteiger partial charge >= 0.3 is 8.56 Å². The zero-order valence-electron chi connectivity index (χ0n) is 8.83. The first-order valence-electron chi connectivity index (χ1n) is 4.46. The SMILES string of the molecule is C=CC[Si](CC)(OC(C)=O)OC(C)=O. The van der Waals surface area contributed by atoms with Gasteiger partial charge in [0.1, 0.15) is 0 Å². The largest absolute Gasteiger partial charge is 0.485 e. The molecule has 4 nitrogen and oxygen atoms in total. The van der Waals surface area contributed by atoms with Crippen molar-refractivity contribution in [2.45, 2.75) is 32.9 Å². The van der Waals surface area contributed by atoms with Gasteiger partial charge in [-0.25, -0.2) is 0 Å². The molecule has 0 heterocycles. The fraction of sp³-hybridized carbons (Fsp3) is 0.556. The second-order valence-corrected chi connectivity index (χ2v) is 6.29. The monoisotopic (exact) mass is 216 g/mol. The Morgan fingerprint density at radius 3 is 1.93 bits per heavy atom. The Balaban J connectivity index is 4.66. The predicted octanol–water partition coefficient (Wildman–Crippen LogP) is 1.76. The first-order chi connectivity index (χ1) is 6.45. The molecule has 0 radical (unpaired) electrons. The molecule has 0 aromatic carbocycles. The average molecular weight is 216 g/mol. The van der Waals surface area contributed by atoms with Crippen molar-refractivity contribution in [3.8, 4) is 0 Å². The molecule has 0 saturated heterocycles. The van der Waals surface area contributed by atoms with Crippen LogP contribution in [0.3, 0.4) is 0 Å². The highest BCUT2D eigenvalue weighted by Crippen LogP contribution is 2.19. The minimum absolute atomic E-state index is 0.415. The van der Waals surface area contributed by atoms with Gasteiger partial charge in [0.15, 0.2) is 0 Å². The molecule has 0 aliphatic rings. The van der Waals surface area contributed by atoms with E-state index in [2.05, 4.69) is 6.58 Å². The summed E-state index contributed by atoms with van der Waals surface area (Å²) in [7, 11) is -2.71. The topological polar surface area (TPSA) is 52.6 Å². The van der Waals surface area contributed by atoms with Crippen molar-refractivity contribution in [2.75, 3.05) is 0 Å². The second kappa shape index (κ2) is 5.59. The lowest BCUT2D eigenvalue weighted by molar-refractivity contribution is -0.138. The molecule has 0 fully saturated rings. The van der Waals surface area contributed by atoms with E-state index in [1.807, 2.05) is 6.92 Å². The summed E-state index contributed by atoms with van der Waals surface area (Å²) in [6, 6.07) is 0.973. The van der Waals surface area contributed by atoms with Crippen LogP contribution in [0.5, 0.6) is 0 Å². The Morgan fingerprint density at radius 2 is 1.71 bits per heavy atom. The number of hydrogen-bond donors (Lipinski definition) is 0. The third-order valence-corrected chi connectivity index (χ3v) is 4.96. The van der Waals surface area contributed by atoms with Crippen LogP contribution in [0.15, 0.2) is 12.7 Å². The molecule has 0 amide bonds. The molecular formula is C9H16O4Si. The van der Waals surface area contributed by atoms with Crippen LogP contribution < -0.4 is 0 Å². The molecule has 0 aliphatic heterocycles. The lowest BCUT2D eigenvalue weighted by atomic mass is 10.8. The number of carbonyl (C=O) groups excluding carboxylic acids is 2. The van der Waals surface area contributed by atoms with Crippen LogP contribution in [0.1, 0.15) is 20.8 Å². The highest BCUT2D eigenvalue weighted by molar-refractivity contribution is 6.70. The summed E-state index contributed by atoms with van der Waals surface area (Å²) >= 11 is 0. The molecule has 0 aromatic rings. The van der Waals surface area contributed by atoms with E-state index in [0.717, 1.165) is 0 Å². The first-order valence-corrected chi connectivity index (χ1v) is 6.69. The maximum absolute atomic E-state index is 10.9. The van der Waals surface area contributed by atoms with Crippen LogP contribution in [0, 0.1) is 0 Å². The van der Waals surface area contributed by atoms with Crippen LogP contribution in [-0.4, -0.2) is 20.5 Å². The minimum Gasteiger partial charge on any atom is -0.485 e. The minimum atomic E-state index is -2.71. The Hall–Kier alpha value is -1.10. The van der Waals surface area contributed by atoms with Crippen molar-refractivity contribution in [1.29, 1.82) is 0 Å². The molecule has 0 spiro atoms. The maximum Gasteiger partial charge on any atom is 0.467 e. The number of hydrogen-bond acceptors (Lipinski definition) is 4. The lowest BCUT2D eigenvalue weighted by Gasteiger charge is -2.26. The third-order valence-electron chi connectivity index (χ3n) is 1.65. The van der Waals surface area contributed by atoms with Crippen LogP contribution in [0.25, 0.3) is 0 Å². The van der Waals surface area contributed by atoms with Gasteiger partial charge in [-0.15, -0.1) is 6.58 Å². The number of carbonyl (C=O) groups is 2. The molecule has 0 rings (SSSR count). The van der Waals surface area contributed by atoms with Crippen molar-refractivity contribution in [3.63, 3.8) is 0 Å². The molecule has 0 unspecified atom stereocenters. The molecule has 80 valence electrons. The second-order valence-electron chi connectivity index (χ2n) is 2.94. The normalized spacial score (nSPS) is 10.5. The molecule has 0 atom stereocenters. The van der Waals surface area contributed by atoms with E-state index in [4.69, 9.17) is 8.85 Å². The summed E-state index contributed by atoms with van der Waals surface area (Å²) < 4.78 is 10.2. The van der Waals surface area contributed by atoms with Crippen LogP contribution in [0.2, 0.25) is 12.1 Å². The molecule has 5 heteroatoms. The highest BCUT2D eigenvalue weighted by Gasteiger charge is 2.40. The molecule has 0 N–H and O–H groups in total. The Kier molecular flexibility index (Phi) is 5.15. The van der Waals surface area contributed by atoms with E-state index in [0.29, 0.717) is 12.1 Å². The van der Waals surface area contributed by atoms with E-state index in [-0.39, 0.29) is 0 Å². The fourth-order valence-corrected chi connectivity index (χ4v) is 3.41. The predicted molar refractivity (Wildman–Crippen MR) is 54.8 cm³/mol. The Labute approximate surface area is 85.1 Å². The molecule has 0 aliphatic carbocycles. The van der Waals surface area contributed by atoms with Gasteiger partial charge in [-0.1, -0.05) is 13.0 Å². The van der Waals surface area contributed by atoms with Gasteiger partial charge in [0.25, 0.3) is 11.9 Å². The lowest BCUT2D eigenvalue weighted by Crippen LogP contribution is -2.43. The quantitative estimate of drug-likeness (QED) is 0.519. The molecule has 0 aromatic heterocycles. The summed E-state index contributed by atoms with van der Waals surface area (Å²) in [4.78, 5) is 21.7. The number of allylic oxidation sites excluding steroid dienone is 1. The van der Waals surface area contributed by atoms with E-state index < -0.39 is 20.5 Å². The molecule has 0 bridgehead atoms. The maximum atomic E-state index is 10.9. The zero-order chi connectivity index (χ0) is 11.2. The summed E-state index contributed by atoms with van der Waals surface area (Å²) in [6.45, 7) is 8.01. The smallest absolute Gasteiger partial charge is 0.467 e. The van der Waals surface area contributed by atoms with Crippen molar-refractivity contribution in [3.05, 3.63) is 12.7 Å². The first kappa shape index (κ1) is 12.9. The summed E-state index contributed by atoms with van der Waals surface area (Å²) in [5, 5.41) is 0. The Morgan fingerprint density at radius 1 is 1.29 bits per heavy atom. The van der Waals surface area contributed by atoms with Crippen molar-refractivity contribution < 1.29 is 18.4 Å². The molecular weight excluding hydrogens is 200 g/mol. The highest BCUT2D eigenvalue weighted by atomic mass is 28.4. The zero-order valence-corrected chi connectivity index (χ0v) is 9.83. The average Bonchev–Trinajstić information content (AvgIpc) is 2.02. The Bertz CT molecular complexity index is 221. The molecule has 0 saturated carbocycles. The van der Waals surface area contributed by atoms with Crippen LogP contribution in [-0.2, 0) is 18.4 Å². The van der Waals surface area contributed by atoms with Crippen LogP contribution in [0.4, 0.5) is 0 Å². The van der Waals surface area contributed by atoms with Crippen molar-refractivity contribution in [1.82, 2.24) is 0 Å². The standard InChI is InChI=1S/C9H16O4Si/c1-5-7-14(6-2,12-8(3)10)13-9(4)11/h5H,1,6-7H2,2-4H3.